The molecule has 1 aromatic carbocycles. The molecule has 0 aliphatic heterocycles. The Morgan fingerprint density at radius 1 is 1.20 bits per heavy atom. The predicted octanol–water partition coefficient (Wildman–Crippen LogP) is 0.953. The molecule has 4 N–H and O–H groups in total. The molecule has 0 radical (unpaired) electrons. The lowest BCUT2D eigenvalue weighted by molar-refractivity contribution is 0.120. The number of benzene rings is 1. The molecule has 1 aliphatic rings. The Hall–Kier alpha value is -1.64. The first-order valence-electron chi connectivity index (χ1n) is 8.70. The monoisotopic (exact) mass is 368 g/mol. The van der Waals surface area contributed by atoms with Crippen molar-refractivity contribution in [1.82, 2.24) is 15.4 Å². The molecule has 0 amide bonds. The Bertz CT molecular complexity index is 666. The summed E-state index contributed by atoms with van der Waals surface area (Å²) in [6.07, 6.45) is 3.33. The quantitative estimate of drug-likeness (QED) is 0.442. The fraction of sp³-hybridized carbons (Fsp3) is 0.588. The van der Waals surface area contributed by atoms with E-state index in [0.717, 1.165) is 43.8 Å². The highest BCUT2D eigenvalue weighted by atomic mass is 32.2. The molecule has 0 heterocycles. The van der Waals surface area contributed by atoms with Crippen LogP contribution in [0.5, 0.6) is 0 Å². The highest BCUT2D eigenvalue weighted by molar-refractivity contribution is 7.89. The molecule has 0 aromatic heterocycles. The second-order valence-corrected chi connectivity index (χ2v) is 8.08. The van der Waals surface area contributed by atoms with E-state index in [1.807, 2.05) is 6.92 Å². The molecule has 140 valence electrons. The zero-order valence-electron chi connectivity index (χ0n) is 14.8. The molecule has 7 nitrogen and oxygen atoms in total. The van der Waals surface area contributed by atoms with Crippen molar-refractivity contribution in [2.24, 2.45) is 4.99 Å². The summed E-state index contributed by atoms with van der Waals surface area (Å²) in [4.78, 5) is 4.82. The van der Waals surface area contributed by atoms with Gasteiger partial charge in [-0.2, -0.15) is 0 Å². The zero-order valence-corrected chi connectivity index (χ0v) is 15.6. The van der Waals surface area contributed by atoms with Crippen LogP contribution in [-0.2, 0) is 16.6 Å². The Balaban J connectivity index is 1.98. The summed E-state index contributed by atoms with van der Waals surface area (Å²) >= 11 is 0. The average Bonchev–Trinajstić information content (AvgIpc) is 2.62. The van der Waals surface area contributed by atoms with Crippen molar-refractivity contribution in [1.29, 1.82) is 0 Å². The third-order valence-electron chi connectivity index (χ3n) is 4.30. The highest BCUT2D eigenvalue weighted by Crippen LogP contribution is 2.18. The normalized spacial score (nSPS) is 21.8. The number of nitrogens with one attached hydrogen (secondary N) is 3. The second-order valence-electron chi connectivity index (χ2n) is 6.20. The number of hydrogen-bond acceptors (Lipinski definition) is 4. The van der Waals surface area contributed by atoms with Gasteiger partial charge in [-0.05, 0) is 57.4 Å². The molecule has 0 atom stereocenters. The van der Waals surface area contributed by atoms with Crippen LogP contribution in [0.25, 0.3) is 0 Å². The molecule has 2 rings (SSSR count). The van der Waals surface area contributed by atoms with E-state index < -0.39 is 10.0 Å². The number of guanidine groups is 1. The summed E-state index contributed by atoms with van der Waals surface area (Å²) in [5.74, 6) is 0.746. The maximum absolute atomic E-state index is 11.7. The molecule has 0 spiro atoms. The SMILES string of the molecule is CCNC(=NCc1ccc(S(=O)(=O)NC)cc1)NC1CCC(O)CC1. The van der Waals surface area contributed by atoms with Crippen LogP contribution in [-0.4, -0.2) is 45.2 Å². The van der Waals surface area contributed by atoms with Crippen LogP contribution in [0.4, 0.5) is 0 Å². The number of aliphatic hydroxyl groups excluding tert-OH is 1. The number of aliphatic imine (C=N–C) groups is 1. The summed E-state index contributed by atoms with van der Waals surface area (Å²) in [5.41, 5.74) is 0.936. The third kappa shape index (κ3) is 5.98. The standard InChI is InChI=1S/C17H28N4O3S/c1-3-19-17(21-14-6-8-15(22)9-7-14)20-12-13-4-10-16(11-5-13)25(23,24)18-2/h4-5,10-11,14-15,18,22H,3,6-9,12H2,1-2H3,(H2,19,20,21). The lowest BCUT2D eigenvalue weighted by atomic mass is 9.93. The van der Waals surface area contributed by atoms with Gasteiger partial charge in [-0.25, -0.2) is 18.1 Å². The van der Waals surface area contributed by atoms with E-state index in [0.29, 0.717) is 12.6 Å². The van der Waals surface area contributed by atoms with Gasteiger partial charge in [-0.3, -0.25) is 0 Å². The van der Waals surface area contributed by atoms with Crippen molar-refractivity contribution >= 4 is 16.0 Å². The Morgan fingerprint density at radius 2 is 1.84 bits per heavy atom. The fourth-order valence-corrected chi connectivity index (χ4v) is 3.53. The van der Waals surface area contributed by atoms with Crippen LogP contribution in [0.15, 0.2) is 34.2 Å². The topological polar surface area (TPSA) is 103 Å². The molecule has 0 saturated heterocycles. The minimum Gasteiger partial charge on any atom is -0.393 e. The molecule has 1 saturated carbocycles. The van der Waals surface area contributed by atoms with Gasteiger partial charge in [0.2, 0.25) is 10.0 Å². The van der Waals surface area contributed by atoms with Gasteiger partial charge in [0, 0.05) is 12.6 Å². The van der Waals surface area contributed by atoms with Crippen molar-refractivity contribution in [2.45, 2.75) is 56.2 Å². The Labute approximate surface area is 150 Å². The summed E-state index contributed by atoms with van der Waals surface area (Å²) in [7, 11) is -2.01. The van der Waals surface area contributed by atoms with E-state index in [1.165, 1.54) is 7.05 Å². The van der Waals surface area contributed by atoms with Gasteiger partial charge in [-0.15, -0.1) is 0 Å². The largest absolute Gasteiger partial charge is 0.393 e. The molecule has 25 heavy (non-hydrogen) atoms. The highest BCUT2D eigenvalue weighted by Gasteiger charge is 2.20. The second kappa shape index (κ2) is 9.17. The van der Waals surface area contributed by atoms with Crippen molar-refractivity contribution in [3.05, 3.63) is 29.8 Å². The maximum Gasteiger partial charge on any atom is 0.240 e. The van der Waals surface area contributed by atoms with Gasteiger partial charge in [-0.1, -0.05) is 12.1 Å². The summed E-state index contributed by atoms with van der Waals surface area (Å²) < 4.78 is 25.8. The number of rotatable bonds is 6. The van der Waals surface area contributed by atoms with Crippen LogP contribution in [0.2, 0.25) is 0 Å². The average molecular weight is 369 g/mol. The van der Waals surface area contributed by atoms with E-state index in [2.05, 4.69) is 20.3 Å². The number of nitrogens with zero attached hydrogens (tertiary/aromatic N) is 1. The molecule has 1 aliphatic carbocycles. The van der Waals surface area contributed by atoms with Crippen LogP contribution in [0, 0.1) is 0 Å². The fourth-order valence-electron chi connectivity index (χ4n) is 2.80. The molecule has 0 unspecified atom stereocenters. The van der Waals surface area contributed by atoms with Crippen LogP contribution in [0.1, 0.15) is 38.2 Å². The van der Waals surface area contributed by atoms with Crippen LogP contribution >= 0.6 is 0 Å². The van der Waals surface area contributed by atoms with Gasteiger partial charge in [0.25, 0.3) is 0 Å². The molecular formula is C17H28N4O3S. The van der Waals surface area contributed by atoms with E-state index in [9.17, 15) is 13.5 Å². The lowest BCUT2D eigenvalue weighted by Crippen LogP contribution is -2.45. The van der Waals surface area contributed by atoms with Gasteiger partial charge in [0.05, 0.1) is 17.5 Å². The molecule has 0 bridgehead atoms. The van der Waals surface area contributed by atoms with Crippen LogP contribution in [0.3, 0.4) is 0 Å². The van der Waals surface area contributed by atoms with E-state index >= 15 is 0 Å². The minimum absolute atomic E-state index is 0.176. The van der Waals surface area contributed by atoms with Crippen molar-refractivity contribution < 1.29 is 13.5 Å². The van der Waals surface area contributed by atoms with Gasteiger partial charge < -0.3 is 15.7 Å². The Kier molecular flexibility index (Phi) is 7.22. The predicted molar refractivity (Wildman–Crippen MR) is 98.9 cm³/mol. The first-order chi connectivity index (χ1) is 11.9. The summed E-state index contributed by atoms with van der Waals surface area (Å²) in [5, 5.41) is 16.2. The van der Waals surface area contributed by atoms with Gasteiger partial charge in [0.15, 0.2) is 5.96 Å². The number of hydrogen-bond donors (Lipinski definition) is 4. The van der Waals surface area contributed by atoms with E-state index in [1.54, 1.807) is 24.3 Å². The summed E-state index contributed by atoms with van der Waals surface area (Å²) in [6.45, 7) is 3.24. The van der Waals surface area contributed by atoms with Crippen molar-refractivity contribution in [2.75, 3.05) is 13.6 Å². The van der Waals surface area contributed by atoms with Gasteiger partial charge >= 0.3 is 0 Å². The van der Waals surface area contributed by atoms with Crippen molar-refractivity contribution in [3.8, 4) is 0 Å². The smallest absolute Gasteiger partial charge is 0.240 e. The molecular weight excluding hydrogens is 340 g/mol. The van der Waals surface area contributed by atoms with E-state index in [-0.39, 0.29) is 11.0 Å². The lowest BCUT2D eigenvalue weighted by Gasteiger charge is -2.27. The number of sulfonamides is 1. The molecule has 1 aromatic rings. The number of aliphatic hydroxyl groups is 1. The third-order valence-corrected chi connectivity index (χ3v) is 5.73. The Morgan fingerprint density at radius 3 is 2.40 bits per heavy atom. The molecule has 8 heteroatoms. The zero-order chi connectivity index (χ0) is 18.3. The molecule has 1 fully saturated rings. The van der Waals surface area contributed by atoms with E-state index in [4.69, 9.17) is 0 Å². The van der Waals surface area contributed by atoms with Crippen LogP contribution < -0.4 is 15.4 Å². The summed E-state index contributed by atoms with van der Waals surface area (Å²) in [6, 6.07) is 7.03. The first-order valence-corrected chi connectivity index (χ1v) is 10.2. The van der Waals surface area contributed by atoms with Crippen molar-refractivity contribution in [3.63, 3.8) is 0 Å². The van der Waals surface area contributed by atoms with Gasteiger partial charge in [0.1, 0.15) is 0 Å². The first kappa shape index (κ1) is 19.7. The maximum atomic E-state index is 11.7. The minimum atomic E-state index is -3.41.